The largest absolute Gasteiger partial charge is 0.495 e. The molecule has 120 valence electrons. The van der Waals surface area contributed by atoms with E-state index in [1.807, 2.05) is 18.2 Å². The van der Waals surface area contributed by atoms with Crippen LogP contribution in [0, 0.1) is 0 Å². The minimum absolute atomic E-state index is 0.302. The number of hydrogen-bond donors (Lipinski definition) is 1. The van der Waals surface area contributed by atoms with Crippen LogP contribution in [0.3, 0.4) is 0 Å². The summed E-state index contributed by atoms with van der Waals surface area (Å²) in [7, 11) is 2.82. The highest BCUT2D eigenvalue weighted by Gasteiger charge is 2.02. The van der Waals surface area contributed by atoms with E-state index in [4.69, 9.17) is 15.2 Å². The number of rotatable bonds is 8. The molecule has 0 atom stereocenters. The molecule has 0 amide bonds. The zero-order valence-electron chi connectivity index (χ0n) is 12.8. The lowest BCUT2D eigenvalue weighted by Crippen LogP contribution is -2.04. The topological polar surface area (TPSA) is 87.9 Å². The number of esters is 2. The Morgan fingerprint density at radius 2 is 1.86 bits per heavy atom. The van der Waals surface area contributed by atoms with Crippen molar-refractivity contribution in [2.75, 3.05) is 26.6 Å². The van der Waals surface area contributed by atoms with E-state index >= 15 is 0 Å². The first-order chi connectivity index (χ1) is 10.6. The van der Waals surface area contributed by atoms with Crippen molar-refractivity contribution >= 4 is 17.6 Å². The first kappa shape index (κ1) is 17.6. The Bertz CT molecular complexity index is 539. The number of methoxy groups -OCH3 is 2. The number of carbonyl (C=O) groups is 2. The van der Waals surface area contributed by atoms with Gasteiger partial charge in [0.2, 0.25) is 0 Å². The van der Waals surface area contributed by atoms with Gasteiger partial charge in [-0.05, 0) is 37.0 Å². The predicted molar refractivity (Wildman–Crippen MR) is 82.5 cm³/mol. The average Bonchev–Trinajstić information content (AvgIpc) is 2.52. The molecule has 1 aromatic rings. The fourth-order valence-electron chi connectivity index (χ4n) is 1.80. The summed E-state index contributed by atoms with van der Waals surface area (Å²) in [6.45, 7) is 0.302. The predicted octanol–water partition coefficient (Wildman–Crippen LogP) is 1.87. The highest BCUT2D eigenvalue weighted by molar-refractivity contribution is 5.91. The molecule has 1 aromatic carbocycles. The molecule has 0 unspecified atom stereocenters. The van der Waals surface area contributed by atoms with Crippen molar-refractivity contribution in [1.82, 2.24) is 0 Å². The summed E-state index contributed by atoms with van der Waals surface area (Å²) in [6, 6.07) is 5.67. The fourth-order valence-corrected chi connectivity index (χ4v) is 1.80. The van der Waals surface area contributed by atoms with Crippen LogP contribution in [-0.2, 0) is 25.5 Å². The molecule has 1 rings (SSSR count). The van der Waals surface area contributed by atoms with E-state index in [0.717, 1.165) is 37.0 Å². The van der Waals surface area contributed by atoms with E-state index in [1.54, 1.807) is 7.11 Å². The summed E-state index contributed by atoms with van der Waals surface area (Å²) < 4.78 is 14.4. The molecule has 0 aliphatic rings. The zero-order valence-corrected chi connectivity index (χ0v) is 12.8. The monoisotopic (exact) mass is 307 g/mol. The second kappa shape index (κ2) is 9.44. The fraction of sp³-hybridized carbons (Fsp3) is 0.375. The van der Waals surface area contributed by atoms with Gasteiger partial charge in [-0.15, -0.1) is 0 Å². The van der Waals surface area contributed by atoms with Crippen LogP contribution in [-0.4, -0.2) is 32.8 Å². The first-order valence-electron chi connectivity index (χ1n) is 6.92. The normalized spacial score (nSPS) is 10.5. The van der Waals surface area contributed by atoms with Crippen LogP contribution in [0.1, 0.15) is 18.4 Å². The number of benzene rings is 1. The van der Waals surface area contributed by atoms with E-state index in [-0.39, 0.29) is 0 Å². The molecule has 0 fully saturated rings. The Morgan fingerprint density at radius 3 is 2.50 bits per heavy atom. The molecule has 0 heterocycles. The third-order valence-electron chi connectivity index (χ3n) is 2.95. The van der Waals surface area contributed by atoms with Gasteiger partial charge in [0.1, 0.15) is 5.75 Å². The van der Waals surface area contributed by atoms with Gasteiger partial charge < -0.3 is 19.9 Å². The van der Waals surface area contributed by atoms with Gasteiger partial charge in [0.05, 0.1) is 26.5 Å². The molecule has 0 saturated heterocycles. The van der Waals surface area contributed by atoms with Crippen LogP contribution < -0.4 is 10.5 Å². The standard InChI is InChI=1S/C16H21NO5/c1-20-14-7-6-12(11-13(14)17)5-3-4-10-22-16(19)9-8-15(18)21-2/h6-9,11H,3-5,10,17H2,1-2H3/b9-8+. The van der Waals surface area contributed by atoms with E-state index < -0.39 is 11.9 Å². The average molecular weight is 307 g/mol. The smallest absolute Gasteiger partial charge is 0.331 e. The highest BCUT2D eigenvalue weighted by atomic mass is 16.5. The second-order valence-corrected chi connectivity index (χ2v) is 4.56. The number of nitrogens with two attached hydrogens (primary N) is 1. The number of aryl methyl sites for hydroxylation is 1. The number of hydrogen-bond acceptors (Lipinski definition) is 6. The van der Waals surface area contributed by atoms with Gasteiger partial charge in [-0.2, -0.15) is 0 Å². The third kappa shape index (κ3) is 6.30. The van der Waals surface area contributed by atoms with Crippen molar-refractivity contribution in [1.29, 1.82) is 0 Å². The third-order valence-corrected chi connectivity index (χ3v) is 2.95. The minimum atomic E-state index is -0.589. The molecule has 22 heavy (non-hydrogen) atoms. The Labute approximate surface area is 129 Å². The molecule has 0 aliphatic heterocycles. The van der Waals surface area contributed by atoms with Crippen molar-refractivity contribution in [3.05, 3.63) is 35.9 Å². The number of anilines is 1. The molecule has 0 spiro atoms. The van der Waals surface area contributed by atoms with E-state index in [2.05, 4.69) is 4.74 Å². The van der Waals surface area contributed by atoms with Gasteiger partial charge in [0.15, 0.2) is 0 Å². The molecule has 2 N–H and O–H groups in total. The van der Waals surface area contributed by atoms with Crippen molar-refractivity contribution in [3.8, 4) is 5.75 Å². The summed E-state index contributed by atoms with van der Waals surface area (Å²) in [5, 5.41) is 0. The maximum absolute atomic E-state index is 11.3. The van der Waals surface area contributed by atoms with Crippen LogP contribution in [0.15, 0.2) is 30.4 Å². The summed E-state index contributed by atoms with van der Waals surface area (Å²) >= 11 is 0. The molecule has 6 nitrogen and oxygen atoms in total. The van der Waals surface area contributed by atoms with Crippen molar-refractivity contribution in [2.24, 2.45) is 0 Å². The minimum Gasteiger partial charge on any atom is -0.495 e. The Balaban J connectivity index is 2.23. The molecular formula is C16H21NO5. The Hall–Kier alpha value is -2.50. The number of carbonyl (C=O) groups excluding carboxylic acids is 2. The van der Waals surface area contributed by atoms with Crippen LogP contribution in [0.25, 0.3) is 0 Å². The number of unbranched alkanes of at least 4 members (excludes halogenated alkanes) is 1. The summed E-state index contributed by atoms with van der Waals surface area (Å²) in [5.41, 5.74) is 7.55. The van der Waals surface area contributed by atoms with Crippen molar-refractivity contribution in [2.45, 2.75) is 19.3 Å². The zero-order chi connectivity index (χ0) is 16.4. The maximum Gasteiger partial charge on any atom is 0.331 e. The Morgan fingerprint density at radius 1 is 1.14 bits per heavy atom. The van der Waals surface area contributed by atoms with Gasteiger partial charge in [-0.3, -0.25) is 0 Å². The first-order valence-corrected chi connectivity index (χ1v) is 6.92. The van der Waals surface area contributed by atoms with Crippen LogP contribution in [0.2, 0.25) is 0 Å². The van der Waals surface area contributed by atoms with Gasteiger partial charge in [-0.1, -0.05) is 6.07 Å². The second-order valence-electron chi connectivity index (χ2n) is 4.56. The van der Waals surface area contributed by atoms with E-state index in [1.165, 1.54) is 7.11 Å². The molecule has 0 bridgehead atoms. The molecular weight excluding hydrogens is 286 g/mol. The lowest BCUT2D eigenvalue weighted by molar-refractivity contribution is -0.139. The van der Waals surface area contributed by atoms with Crippen LogP contribution in [0.4, 0.5) is 5.69 Å². The van der Waals surface area contributed by atoms with E-state index in [9.17, 15) is 9.59 Å². The maximum atomic E-state index is 11.3. The summed E-state index contributed by atoms with van der Waals surface area (Å²) in [4.78, 5) is 22.1. The Kier molecular flexibility index (Phi) is 7.53. The molecule has 0 aromatic heterocycles. The van der Waals surface area contributed by atoms with Crippen molar-refractivity contribution < 1.29 is 23.8 Å². The van der Waals surface area contributed by atoms with Gasteiger partial charge in [-0.25, -0.2) is 9.59 Å². The molecule has 0 radical (unpaired) electrons. The van der Waals surface area contributed by atoms with Gasteiger partial charge >= 0.3 is 11.9 Å². The lowest BCUT2D eigenvalue weighted by Gasteiger charge is -2.07. The highest BCUT2D eigenvalue weighted by Crippen LogP contribution is 2.22. The quantitative estimate of drug-likeness (QED) is 0.341. The molecule has 6 heteroatoms. The van der Waals surface area contributed by atoms with E-state index in [0.29, 0.717) is 18.0 Å². The van der Waals surface area contributed by atoms with Crippen molar-refractivity contribution in [3.63, 3.8) is 0 Å². The number of ether oxygens (including phenoxy) is 3. The van der Waals surface area contributed by atoms with Gasteiger partial charge in [0.25, 0.3) is 0 Å². The number of nitrogen functional groups attached to an aromatic ring is 1. The van der Waals surface area contributed by atoms with Crippen LogP contribution in [0.5, 0.6) is 5.75 Å². The summed E-state index contributed by atoms with van der Waals surface area (Å²) in [6.07, 6.45) is 4.51. The molecule has 0 saturated carbocycles. The SMILES string of the molecule is COC(=O)/C=C/C(=O)OCCCCc1ccc(OC)c(N)c1. The van der Waals surface area contributed by atoms with Gasteiger partial charge in [0, 0.05) is 12.2 Å². The van der Waals surface area contributed by atoms with Crippen LogP contribution >= 0.6 is 0 Å². The summed E-state index contributed by atoms with van der Waals surface area (Å²) in [5.74, 6) is -0.483. The molecule has 0 aliphatic carbocycles. The lowest BCUT2D eigenvalue weighted by atomic mass is 10.1.